The number of hydrogen-bond donors (Lipinski definition) is 1. The maximum Gasteiger partial charge on any atom is 0.337 e. The number of rotatable bonds is 9. The van der Waals surface area contributed by atoms with Gasteiger partial charge in [-0.05, 0) is 42.8 Å². The molecule has 9 heteroatoms. The molecule has 1 fully saturated rings. The summed E-state index contributed by atoms with van der Waals surface area (Å²) in [6.07, 6.45) is 0.599. The number of para-hydroxylation sites is 1. The predicted octanol–water partition coefficient (Wildman–Crippen LogP) is 2.53. The standard InChI is InChI=1S/C22H29N3O4S.ClH/c1-29-22(26)20-10-8-19(9-11-20)18-23-30(27,28)17-5-12-24-13-15-25(16-14-24)21-6-3-2-4-7-21;/h2-4,6-11,23H,5,12-18H2,1H3;1H. The summed E-state index contributed by atoms with van der Waals surface area (Å²) < 4.78 is 31.9. The summed E-state index contributed by atoms with van der Waals surface area (Å²) >= 11 is 0. The third-order valence-electron chi connectivity index (χ3n) is 5.25. The normalized spacial score (nSPS) is 14.7. The number of piperazine rings is 1. The van der Waals surface area contributed by atoms with E-state index in [4.69, 9.17) is 0 Å². The third kappa shape index (κ3) is 7.81. The molecule has 0 atom stereocenters. The zero-order valence-electron chi connectivity index (χ0n) is 17.7. The van der Waals surface area contributed by atoms with Crippen molar-refractivity contribution >= 4 is 34.1 Å². The molecule has 0 bridgehead atoms. The largest absolute Gasteiger partial charge is 0.465 e. The number of esters is 1. The van der Waals surface area contributed by atoms with Gasteiger partial charge >= 0.3 is 5.97 Å². The Bertz CT molecular complexity index is 916. The van der Waals surface area contributed by atoms with E-state index >= 15 is 0 Å². The van der Waals surface area contributed by atoms with Crippen LogP contribution < -0.4 is 9.62 Å². The molecule has 7 nitrogen and oxygen atoms in total. The lowest BCUT2D eigenvalue weighted by Gasteiger charge is -2.36. The van der Waals surface area contributed by atoms with Crippen LogP contribution in [0, 0.1) is 0 Å². The molecule has 0 amide bonds. The number of nitrogens with zero attached hydrogens (tertiary/aromatic N) is 2. The fourth-order valence-electron chi connectivity index (χ4n) is 3.49. The quantitative estimate of drug-likeness (QED) is 0.571. The smallest absolute Gasteiger partial charge is 0.337 e. The lowest BCUT2D eigenvalue weighted by Crippen LogP contribution is -2.47. The van der Waals surface area contributed by atoms with Gasteiger partial charge in [0, 0.05) is 38.4 Å². The van der Waals surface area contributed by atoms with E-state index in [9.17, 15) is 13.2 Å². The predicted molar refractivity (Wildman–Crippen MR) is 125 cm³/mol. The summed E-state index contributed by atoms with van der Waals surface area (Å²) in [5.74, 6) is -0.307. The van der Waals surface area contributed by atoms with Crippen LogP contribution >= 0.6 is 12.4 Å². The Morgan fingerprint density at radius 3 is 2.26 bits per heavy atom. The Hall–Kier alpha value is -2.13. The van der Waals surface area contributed by atoms with E-state index in [1.807, 2.05) is 18.2 Å². The summed E-state index contributed by atoms with van der Waals surface area (Å²) in [7, 11) is -2.02. The van der Waals surface area contributed by atoms with Crippen LogP contribution in [0.3, 0.4) is 0 Å². The Morgan fingerprint density at radius 2 is 1.65 bits per heavy atom. The van der Waals surface area contributed by atoms with Crippen molar-refractivity contribution in [2.24, 2.45) is 0 Å². The highest BCUT2D eigenvalue weighted by Crippen LogP contribution is 2.15. The van der Waals surface area contributed by atoms with E-state index in [2.05, 4.69) is 31.4 Å². The van der Waals surface area contributed by atoms with E-state index in [-0.39, 0.29) is 24.7 Å². The molecule has 0 spiro atoms. The second kappa shape index (κ2) is 12.0. The van der Waals surface area contributed by atoms with Crippen molar-refractivity contribution < 1.29 is 17.9 Å². The summed E-state index contributed by atoms with van der Waals surface area (Å²) in [6.45, 7) is 4.77. The molecule has 170 valence electrons. The van der Waals surface area contributed by atoms with Crippen LogP contribution in [0.4, 0.5) is 5.69 Å². The number of carbonyl (C=O) groups is 1. The number of ether oxygens (including phenoxy) is 1. The van der Waals surface area contributed by atoms with Gasteiger partial charge < -0.3 is 9.64 Å². The number of halogens is 1. The van der Waals surface area contributed by atoms with Crippen LogP contribution in [0.2, 0.25) is 0 Å². The van der Waals surface area contributed by atoms with Crippen LogP contribution in [0.25, 0.3) is 0 Å². The number of methoxy groups -OCH3 is 1. The van der Waals surface area contributed by atoms with Crippen LogP contribution in [-0.4, -0.2) is 64.9 Å². The van der Waals surface area contributed by atoms with E-state index < -0.39 is 16.0 Å². The Balaban J connectivity index is 0.00000341. The van der Waals surface area contributed by atoms with Crippen molar-refractivity contribution in [2.75, 3.05) is 50.5 Å². The van der Waals surface area contributed by atoms with E-state index in [1.165, 1.54) is 12.8 Å². The SMILES string of the molecule is COC(=O)c1ccc(CNS(=O)(=O)CCCN2CCN(c3ccccc3)CC2)cc1.Cl. The van der Waals surface area contributed by atoms with Gasteiger partial charge in [0.15, 0.2) is 0 Å². The van der Waals surface area contributed by atoms with Crippen molar-refractivity contribution in [1.29, 1.82) is 0 Å². The number of sulfonamides is 1. The number of hydrogen-bond acceptors (Lipinski definition) is 6. The summed E-state index contributed by atoms with van der Waals surface area (Å²) in [5.41, 5.74) is 2.48. The Kier molecular flexibility index (Phi) is 9.77. The molecule has 2 aromatic carbocycles. The third-order valence-corrected chi connectivity index (χ3v) is 6.66. The fourth-order valence-corrected chi connectivity index (χ4v) is 4.53. The molecule has 1 aliphatic heterocycles. The second-order valence-corrected chi connectivity index (χ2v) is 9.27. The highest BCUT2D eigenvalue weighted by molar-refractivity contribution is 7.89. The summed E-state index contributed by atoms with van der Waals surface area (Å²) in [5, 5.41) is 0. The highest BCUT2D eigenvalue weighted by Gasteiger charge is 2.18. The topological polar surface area (TPSA) is 78.9 Å². The minimum Gasteiger partial charge on any atom is -0.465 e. The van der Waals surface area contributed by atoms with Crippen LogP contribution in [0.15, 0.2) is 54.6 Å². The summed E-state index contributed by atoms with van der Waals surface area (Å²) in [6, 6.07) is 17.1. The molecule has 0 aromatic heterocycles. The first-order valence-electron chi connectivity index (χ1n) is 10.1. The van der Waals surface area contributed by atoms with Gasteiger partial charge in [-0.15, -0.1) is 12.4 Å². The number of anilines is 1. The van der Waals surface area contributed by atoms with Gasteiger partial charge in [0.25, 0.3) is 0 Å². The fraction of sp³-hybridized carbons (Fsp3) is 0.409. The Morgan fingerprint density at radius 1 is 1.00 bits per heavy atom. The zero-order valence-corrected chi connectivity index (χ0v) is 19.3. The van der Waals surface area contributed by atoms with Gasteiger partial charge in [-0.3, -0.25) is 4.90 Å². The lowest BCUT2D eigenvalue weighted by molar-refractivity contribution is 0.0600. The molecule has 1 N–H and O–H groups in total. The first-order chi connectivity index (χ1) is 14.5. The van der Waals surface area contributed by atoms with Gasteiger partial charge in [0.2, 0.25) is 10.0 Å². The molecule has 0 unspecified atom stereocenters. The van der Waals surface area contributed by atoms with Gasteiger partial charge in [0.05, 0.1) is 18.4 Å². The van der Waals surface area contributed by atoms with Crippen molar-refractivity contribution in [3.05, 3.63) is 65.7 Å². The van der Waals surface area contributed by atoms with Crippen molar-refractivity contribution in [2.45, 2.75) is 13.0 Å². The van der Waals surface area contributed by atoms with Crippen LogP contribution in [-0.2, 0) is 21.3 Å². The lowest BCUT2D eigenvalue weighted by atomic mass is 10.1. The molecule has 3 rings (SSSR count). The molecule has 0 aliphatic carbocycles. The van der Waals surface area contributed by atoms with Crippen molar-refractivity contribution in [3.8, 4) is 0 Å². The van der Waals surface area contributed by atoms with Gasteiger partial charge in [0.1, 0.15) is 0 Å². The van der Waals surface area contributed by atoms with E-state index in [0.29, 0.717) is 12.0 Å². The summed E-state index contributed by atoms with van der Waals surface area (Å²) in [4.78, 5) is 16.1. The average Bonchev–Trinajstić information content (AvgIpc) is 2.78. The number of nitrogens with one attached hydrogen (secondary N) is 1. The second-order valence-electron chi connectivity index (χ2n) is 7.35. The average molecular weight is 468 g/mol. The van der Waals surface area contributed by atoms with Crippen molar-refractivity contribution in [3.63, 3.8) is 0 Å². The minimum absolute atomic E-state index is 0. The monoisotopic (exact) mass is 467 g/mol. The number of carbonyl (C=O) groups excluding carboxylic acids is 1. The molecular formula is C22H30ClN3O4S. The first-order valence-corrected chi connectivity index (χ1v) is 11.8. The molecule has 31 heavy (non-hydrogen) atoms. The maximum atomic E-state index is 12.3. The van der Waals surface area contributed by atoms with Crippen LogP contribution in [0.5, 0.6) is 0 Å². The van der Waals surface area contributed by atoms with Crippen LogP contribution in [0.1, 0.15) is 22.3 Å². The van der Waals surface area contributed by atoms with Crippen molar-refractivity contribution in [1.82, 2.24) is 9.62 Å². The van der Waals surface area contributed by atoms with E-state index in [0.717, 1.165) is 38.3 Å². The van der Waals surface area contributed by atoms with Gasteiger partial charge in [-0.1, -0.05) is 30.3 Å². The molecule has 2 aromatic rings. The minimum atomic E-state index is -3.34. The van der Waals surface area contributed by atoms with E-state index in [1.54, 1.807) is 24.3 Å². The Labute approximate surface area is 190 Å². The molecule has 1 saturated heterocycles. The molecular weight excluding hydrogens is 438 g/mol. The number of benzene rings is 2. The molecule has 1 aliphatic rings. The molecule has 0 saturated carbocycles. The zero-order chi connectivity index (χ0) is 21.4. The first kappa shape index (κ1) is 25.1. The maximum absolute atomic E-state index is 12.3. The van der Waals surface area contributed by atoms with Gasteiger partial charge in [-0.2, -0.15) is 0 Å². The van der Waals surface area contributed by atoms with Gasteiger partial charge in [-0.25, -0.2) is 17.9 Å². The highest BCUT2D eigenvalue weighted by atomic mass is 35.5. The molecule has 0 radical (unpaired) electrons. The molecule has 1 heterocycles.